The van der Waals surface area contributed by atoms with E-state index in [4.69, 9.17) is 9.47 Å². The van der Waals surface area contributed by atoms with Gasteiger partial charge in [-0.25, -0.2) is 0 Å². The maximum atomic E-state index is 10.7. The van der Waals surface area contributed by atoms with E-state index in [2.05, 4.69) is 15.9 Å². The van der Waals surface area contributed by atoms with E-state index in [1.807, 2.05) is 0 Å². The first-order chi connectivity index (χ1) is 5.33. The first-order valence-corrected chi connectivity index (χ1v) is 4.82. The van der Waals surface area contributed by atoms with Gasteiger partial charge in [0.05, 0.1) is 6.61 Å². The fraction of sp³-hybridized carbons (Fsp3) is 0.857. The van der Waals surface area contributed by atoms with E-state index in [0.717, 1.165) is 19.3 Å². The van der Waals surface area contributed by atoms with Crippen molar-refractivity contribution in [2.24, 2.45) is 0 Å². The molecule has 1 atom stereocenters. The zero-order chi connectivity index (χ0) is 8.10. The smallest absolute Gasteiger partial charge is 0.318 e. The Morgan fingerprint density at radius 1 is 1.64 bits per heavy atom. The van der Waals surface area contributed by atoms with Crippen LogP contribution in [0.1, 0.15) is 19.3 Å². The number of rotatable bonds is 2. The van der Waals surface area contributed by atoms with Crippen LogP contribution in [0, 0.1) is 0 Å². The Hall–Kier alpha value is -0.0900. The third-order valence-corrected chi connectivity index (χ3v) is 1.97. The topological polar surface area (TPSA) is 35.5 Å². The van der Waals surface area contributed by atoms with Gasteiger partial charge in [-0.1, -0.05) is 15.9 Å². The zero-order valence-electron chi connectivity index (χ0n) is 6.22. The van der Waals surface area contributed by atoms with Crippen molar-refractivity contribution in [3.8, 4) is 0 Å². The molecule has 1 heterocycles. The highest BCUT2D eigenvalue weighted by molar-refractivity contribution is 9.09. The molecule has 11 heavy (non-hydrogen) atoms. The Morgan fingerprint density at radius 3 is 3.00 bits per heavy atom. The van der Waals surface area contributed by atoms with Crippen molar-refractivity contribution in [1.29, 1.82) is 0 Å². The van der Waals surface area contributed by atoms with Crippen molar-refractivity contribution < 1.29 is 14.3 Å². The van der Waals surface area contributed by atoms with Crippen LogP contribution in [0.25, 0.3) is 0 Å². The van der Waals surface area contributed by atoms with Crippen LogP contribution < -0.4 is 0 Å². The molecule has 1 aliphatic heterocycles. The van der Waals surface area contributed by atoms with Crippen LogP contribution in [0.5, 0.6) is 0 Å². The van der Waals surface area contributed by atoms with Gasteiger partial charge in [-0.05, 0) is 12.8 Å². The fourth-order valence-corrected chi connectivity index (χ4v) is 1.11. The van der Waals surface area contributed by atoms with Crippen LogP contribution in [0.2, 0.25) is 0 Å². The minimum Gasteiger partial charge on any atom is -0.435 e. The summed E-state index contributed by atoms with van der Waals surface area (Å²) in [7, 11) is 0. The van der Waals surface area contributed by atoms with Crippen molar-refractivity contribution in [1.82, 2.24) is 0 Å². The third kappa shape index (κ3) is 3.20. The number of carbonyl (C=O) groups is 1. The van der Waals surface area contributed by atoms with Crippen molar-refractivity contribution in [2.75, 3.05) is 11.9 Å². The lowest BCUT2D eigenvalue weighted by molar-refractivity contribution is -0.183. The molecular weight excluding hydrogens is 212 g/mol. The summed E-state index contributed by atoms with van der Waals surface area (Å²) in [5.74, 6) is -0.253. The van der Waals surface area contributed by atoms with Gasteiger partial charge in [0.1, 0.15) is 5.33 Å². The maximum absolute atomic E-state index is 10.7. The largest absolute Gasteiger partial charge is 0.435 e. The molecule has 64 valence electrons. The summed E-state index contributed by atoms with van der Waals surface area (Å²) in [4.78, 5) is 10.7. The molecule has 1 saturated heterocycles. The highest BCUT2D eigenvalue weighted by atomic mass is 79.9. The van der Waals surface area contributed by atoms with Gasteiger partial charge in [0, 0.05) is 6.42 Å². The van der Waals surface area contributed by atoms with Crippen LogP contribution in [0.3, 0.4) is 0 Å². The minimum absolute atomic E-state index is 0.243. The molecule has 0 bridgehead atoms. The number of hydrogen-bond donors (Lipinski definition) is 0. The Labute approximate surface area is 74.2 Å². The van der Waals surface area contributed by atoms with E-state index in [1.54, 1.807) is 0 Å². The number of esters is 1. The molecule has 0 N–H and O–H groups in total. The Morgan fingerprint density at radius 2 is 2.45 bits per heavy atom. The molecular formula is C7H11BrO3. The Bertz CT molecular complexity index is 132. The molecule has 0 radical (unpaired) electrons. The van der Waals surface area contributed by atoms with Crippen molar-refractivity contribution in [2.45, 2.75) is 25.6 Å². The summed E-state index contributed by atoms with van der Waals surface area (Å²) in [6, 6.07) is 0. The van der Waals surface area contributed by atoms with Gasteiger partial charge in [0.2, 0.25) is 6.29 Å². The summed E-state index contributed by atoms with van der Waals surface area (Å²) in [6.07, 6.45) is 2.69. The molecule has 4 heteroatoms. The van der Waals surface area contributed by atoms with E-state index in [9.17, 15) is 4.79 Å². The zero-order valence-corrected chi connectivity index (χ0v) is 7.80. The molecule has 1 rings (SSSR count). The number of alkyl halides is 1. The number of carbonyl (C=O) groups excluding carboxylic acids is 1. The lowest BCUT2D eigenvalue weighted by Gasteiger charge is -2.21. The lowest BCUT2D eigenvalue weighted by atomic mass is 10.2. The molecule has 1 aliphatic rings. The second-order valence-corrected chi connectivity index (χ2v) is 2.98. The Kier molecular flexibility index (Phi) is 3.86. The number of ether oxygens (including phenoxy) is 2. The second kappa shape index (κ2) is 4.72. The van der Waals surface area contributed by atoms with Gasteiger partial charge in [0.25, 0.3) is 0 Å². The van der Waals surface area contributed by atoms with Gasteiger partial charge in [-0.15, -0.1) is 0 Å². The molecule has 0 aromatic rings. The molecule has 1 unspecified atom stereocenters. The van der Waals surface area contributed by atoms with Gasteiger partial charge in [0.15, 0.2) is 0 Å². The van der Waals surface area contributed by atoms with Crippen molar-refractivity contribution in [3.63, 3.8) is 0 Å². The maximum Gasteiger partial charge on any atom is 0.318 e. The molecule has 0 aromatic heterocycles. The van der Waals surface area contributed by atoms with Gasteiger partial charge in [-0.2, -0.15) is 0 Å². The first kappa shape index (κ1) is 9.00. The highest BCUT2D eigenvalue weighted by Crippen LogP contribution is 2.13. The monoisotopic (exact) mass is 222 g/mol. The quantitative estimate of drug-likeness (QED) is 0.525. The van der Waals surface area contributed by atoms with Crippen LogP contribution >= 0.6 is 15.9 Å². The standard InChI is InChI=1S/C7H11BrO3/c8-5-6(9)11-7-3-1-2-4-10-7/h7H,1-5H2. The number of hydrogen-bond acceptors (Lipinski definition) is 3. The number of halogens is 1. The molecule has 0 saturated carbocycles. The second-order valence-electron chi connectivity index (χ2n) is 2.42. The van der Waals surface area contributed by atoms with E-state index in [-0.39, 0.29) is 17.6 Å². The average Bonchev–Trinajstić information content (AvgIpc) is 2.06. The summed E-state index contributed by atoms with van der Waals surface area (Å²) in [6.45, 7) is 0.709. The fourth-order valence-electron chi connectivity index (χ4n) is 0.982. The third-order valence-electron chi connectivity index (χ3n) is 1.51. The predicted molar refractivity (Wildman–Crippen MR) is 43.5 cm³/mol. The molecule has 3 nitrogen and oxygen atoms in total. The SMILES string of the molecule is O=C(CBr)OC1CCCCO1. The molecule has 0 aromatic carbocycles. The molecule has 0 aliphatic carbocycles. The van der Waals surface area contributed by atoms with Gasteiger partial charge in [-0.3, -0.25) is 4.79 Å². The summed E-state index contributed by atoms with van der Waals surface area (Å²) in [5.41, 5.74) is 0. The molecule has 0 amide bonds. The summed E-state index contributed by atoms with van der Waals surface area (Å²) < 4.78 is 10.1. The van der Waals surface area contributed by atoms with Crippen LogP contribution in [0.15, 0.2) is 0 Å². The average molecular weight is 223 g/mol. The molecule has 0 spiro atoms. The minimum atomic E-state index is -0.297. The van der Waals surface area contributed by atoms with Crippen LogP contribution in [-0.2, 0) is 14.3 Å². The van der Waals surface area contributed by atoms with Gasteiger partial charge < -0.3 is 9.47 Å². The molecule has 1 fully saturated rings. The van der Waals surface area contributed by atoms with E-state index in [0.29, 0.717) is 6.61 Å². The summed E-state index contributed by atoms with van der Waals surface area (Å²) in [5, 5.41) is 0.243. The van der Waals surface area contributed by atoms with Crippen molar-refractivity contribution >= 4 is 21.9 Å². The van der Waals surface area contributed by atoms with E-state index in [1.165, 1.54) is 0 Å². The highest BCUT2D eigenvalue weighted by Gasteiger charge is 2.16. The van der Waals surface area contributed by atoms with Gasteiger partial charge >= 0.3 is 5.97 Å². The Balaban J connectivity index is 2.19. The predicted octanol–water partition coefficient (Wildman–Crippen LogP) is 1.45. The van der Waals surface area contributed by atoms with E-state index < -0.39 is 0 Å². The van der Waals surface area contributed by atoms with Crippen LogP contribution in [-0.4, -0.2) is 24.2 Å². The van der Waals surface area contributed by atoms with Crippen molar-refractivity contribution in [3.05, 3.63) is 0 Å². The van der Waals surface area contributed by atoms with Crippen LogP contribution in [0.4, 0.5) is 0 Å². The summed E-state index contributed by atoms with van der Waals surface area (Å²) >= 11 is 3.01. The first-order valence-electron chi connectivity index (χ1n) is 3.70. The van der Waals surface area contributed by atoms with E-state index >= 15 is 0 Å². The lowest BCUT2D eigenvalue weighted by Crippen LogP contribution is -2.25. The normalized spacial score (nSPS) is 24.6.